The molecular weight excluding hydrogens is 319 g/mol. The maximum Gasteiger partial charge on any atom is 0.258 e. The molecule has 5 nitrogen and oxygen atoms in total. The third-order valence-corrected chi connectivity index (χ3v) is 3.56. The van der Waals surface area contributed by atoms with Gasteiger partial charge >= 0.3 is 0 Å². The summed E-state index contributed by atoms with van der Waals surface area (Å²) in [6.45, 7) is 0.700. The summed E-state index contributed by atoms with van der Waals surface area (Å²) in [5, 5.41) is 5.78. The second kappa shape index (κ2) is 8.01. The maximum absolute atomic E-state index is 12.9. The number of carbonyl (C=O) groups is 1. The Morgan fingerprint density at radius 3 is 2.32 bits per heavy atom. The minimum atomic E-state index is -0.354. The first kappa shape index (κ1) is 16.6. The minimum Gasteiger partial charge on any atom is -0.354 e. The number of anilines is 2. The van der Waals surface area contributed by atoms with Crippen LogP contribution >= 0.6 is 0 Å². The van der Waals surface area contributed by atoms with Crippen LogP contribution in [-0.4, -0.2) is 22.4 Å². The zero-order valence-electron chi connectivity index (χ0n) is 13.4. The van der Waals surface area contributed by atoms with E-state index in [9.17, 15) is 9.18 Å². The molecule has 0 saturated heterocycles. The molecule has 0 bridgehead atoms. The first-order valence-corrected chi connectivity index (χ1v) is 7.87. The average Bonchev–Trinajstić information content (AvgIpc) is 2.65. The molecule has 126 valence electrons. The summed E-state index contributed by atoms with van der Waals surface area (Å²) in [6, 6.07) is 15.7. The fraction of sp³-hybridized carbons (Fsp3) is 0.105. The quantitative estimate of drug-likeness (QED) is 0.723. The van der Waals surface area contributed by atoms with E-state index in [1.54, 1.807) is 0 Å². The van der Waals surface area contributed by atoms with Gasteiger partial charge in [0.1, 0.15) is 5.82 Å². The molecule has 0 radical (unpaired) electrons. The molecule has 0 fully saturated rings. The Morgan fingerprint density at radius 2 is 1.64 bits per heavy atom. The van der Waals surface area contributed by atoms with Crippen LogP contribution in [0.1, 0.15) is 15.9 Å². The van der Waals surface area contributed by atoms with Gasteiger partial charge in [0, 0.05) is 24.6 Å². The number of nitrogens with zero attached hydrogens (tertiary/aromatic N) is 2. The predicted octanol–water partition coefficient (Wildman–Crippen LogP) is 3.52. The number of carbonyl (C=O) groups excluding carboxylic acids is 1. The van der Waals surface area contributed by atoms with Gasteiger partial charge in [0.15, 0.2) is 0 Å². The molecule has 6 heteroatoms. The van der Waals surface area contributed by atoms with E-state index in [0.29, 0.717) is 23.7 Å². The van der Waals surface area contributed by atoms with E-state index in [0.717, 1.165) is 6.42 Å². The number of halogens is 1. The molecule has 2 N–H and O–H groups in total. The summed E-state index contributed by atoms with van der Waals surface area (Å²) in [6.07, 6.45) is 3.77. The highest BCUT2D eigenvalue weighted by atomic mass is 19.1. The molecule has 1 heterocycles. The summed E-state index contributed by atoms with van der Waals surface area (Å²) in [4.78, 5) is 20.4. The Labute approximate surface area is 145 Å². The van der Waals surface area contributed by atoms with Crippen LogP contribution in [0.25, 0.3) is 0 Å². The summed E-state index contributed by atoms with van der Waals surface area (Å²) in [7, 11) is 0. The number of hydrogen-bond acceptors (Lipinski definition) is 4. The summed E-state index contributed by atoms with van der Waals surface area (Å²) in [5.74, 6) is -0.232. The van der Waals surface area contributed by atoms with Crippen molar-refractivity contribution in [2.75, 3.05) is 17.2 Å². The number of rotatable bonds is 6. The summed E-state index contributed by atoms with van der Waals surface area (Å²) >= 11 is 0. The van der Waals surface area contributed by atoms with Crippen molar-refractivity contribution in [1.29, 1.82) is 0 Å². The predicted molar refractivity (Wildman–Crippen MR) is 95.0 cm³/mol. The molecule has 0 aliphatic heterocycles. The van der Waals surface area contributed by atoms with Crippen molar-refractivity contribution in [2.24, 2.45) is 0 Å². The van der Waals surface area contributed by atoms with Gasteiger partial charge in [0.25, 0.3) is 5.91 Å². The Hall–Kier alpha value is -3.28. The van der Waals surface area contributed by atoms with Crippen LogP contribution < -0.4 is 10.6 Å². The largest absolute Gasteiger partial charge is 0.354 e. The van der Waals surface area contributed by atoms with Crippen LogP contribution in [0.3, 0.4) is 0 Å². The maximum atomic E-state index is 12.9. The SMILES string of the molecule is O=C(Nc1ccc(F)cc1)c1cnc(NCCc2ccccc2)nc1. The van der Waals surface area contributed by atoms with E-state index in [4.69, 9.17) is 0 Å². The van der Waals surface area contributed by atoms with E-state index in [-0.39, 0.29) is 11.7 Å². The van der Waals surface area contributed by atoms with Crippen molar-refractivity contribution in [2.45, 2.75) is 6.42 Å². The molecule has 3 aromatic rings. The molecule has 3 rings (SSSR count). The van der Waals surface area contributed by atoms with Gasteiger partial charge < -0.3 is 10.6 Å². The molecule has 0 saturated carbocycles. The Kier molecular flexibility index (Phi) is 5.31. The molecule has 0 unspecified atom stereocenters. The lowest BCUT2D eigenvalue weighted by Crippen LogP contribution is -2.14. The lowest BCUT2D eigenvalue weighted by atomic mass is 10.1. The number of hydrogen-bond donors (Lipinski definition) is 2. The van der Waals surface area contributed by atoms with Crippen molar-refractivity contribution in [3.63, 3.8) is 0 Å². The van der Waals surface area contributed by atoms with Crippen LogP contribution in [0.2, 0.25) is 0 Å². The molecular formula is C19H17FN4O. The Balaban J connectivity index is 1.52. The molecule has 0 aliphatic rings. The van der Waals surface area contributed by atoms with Crippen molar-refractivity contribution < 1.29 is 9.18 Å². The lowest BCUT2D eigenvalue weighted by molar-refractivity contribution is 0.102. The number of aromatic nitrogens is 2. The van der Waals surface area contributed by atoms with E-state index in [1.807, 2.05) is 18.2 Å². The van der Waals surface area contributed by atoms with E-state index < -0.39 is 0 Å². The number of amides is 1. The highest BCUT2D eigenvalue weighted by Gasteiger charge is 2.08. The van der Waals surface area contributed by atoms with E-state index >= 15 is 0 Å². The van der Waals surface area contributed by atoms with Gasteiger partial charge in [-0.25, -0.2) is 14.4 Å². The second-order valence-corrected chi connectivity index (χ2v) is 5.42. The van der Waals surface area contributed by atoms with Crippen molar-refractivity contribution in [3.8, 4) is 0 Å². The lowest BCUT2D eigenvalue weighted by Gasteiger charge is -2.07. The fourth-order valence-electron chi connectivity index (χ4n) is 2.24. The van der Waals surface area contributed by atoms with E-state index in [2.05, 4.69) is 32.7 Å². The third kappa shape index (κ3) is 4.84. The van der Waals surface area contributed by atoms with Gasteiger partial charge in [-0.3, -0.25) is 4.79 Å². The van der Waals surface area contributed by atoms with Crippen molar-refractivity contribution in [1.82, 2.24) is 9.97 Å². The van der Waals surface area contributed by atoms with Gasteiger partial charge in [0.2, 0.25) is 5.95 Å². The van der Waals surface area contributed by atoms with Crippen LogP contribution in [-0.2, 0) is 6.42 Å². The van der Waals surface area contributed by atoms with Crippen LogP contribution in [0.4, 0.5) is 16.0 Å². The Bertz CT molecular complexity index is 820. The monoisotopic (exact) mass is 336 g/mol. The van der Waals surface area contributed by atoms with Crippen molar-refractivity contribution in [3.05, 3.63) is 83.9 Å². The van der Waals surface area contributed by atoms with Gasteiger partial charge in [-0.1, -0.05) is 30.3 Å². The van der Waals surface area contributed by atoms with Crippen LogP contribution in [0, 0.1) is 5.82 Å². The van der Waals surface area contributed by atoms with E-state index in [1.165, 1.54) is 42.2 Å². The highest BCUT2D eigenvalue weighted by molar-refractivity contribution is 6.03. The first-order chi connectivity index (χ1) is 12.2. The first-order valence-electron chi connectivity index (χ1n) is 7.87. The molecule has 2 aromatic carbocycles. The standard InChI is InChI=1S/C19H17FN4O/c20-16-6-8-17(9-7-16)24-18(25)15-12-22-19(23-13-15)21-11-10-14-4-2-1-3-5-14/h1-9,12-13H,10-11H2,(H,24,25)(H,21,22,23). The smallest absolute Gasteiger partial charge is 0.258 e. The number of benzene rings is 2. The van der Waals surface area contributed by atoms with Gasteiger partial charge in [0.05, 0.1) is 5.56 Å². The van der Waals surface area contributed by atoms with Gasteiger partial charge in [-0.2, -0.15) is 0 Å². The zero-order valence-corrected chi connectivity index (χ0v) is 13.4. The minimum absolute atomic E-state index is 0.331. The van der Waals surface area contributed by atoms with Crippen molar-refractivity contribution >= 4 is 17.5 Å². The molecule has 25 heavy (non-hydrogen) atoms. The Morgan fingerprint density at radius 1 is 0.960 bits per heavy atom. The van der Waals surface area contributed by atoms with Gasteiger partial charge in [-0.15, -0.1) is 0 Å². The highest BCUT2D eigenvalue weighted by Crippen LogP contribution is 2.10. The molecule has 1 amide bonds. The second-order valence-electron chi connectivity index (χ2n) is 5.42. The van der Waals surface area contributed by atoms with Crippen LogP contribution in [0.5, 0.6) is 0 Å². The topological polar surface area (TPSA) is 66.9 Å². The summed E-state index contributed by atoms with van der Waals surface area (Å²) < 4.78 is 12.9. The average molecular weight is 336 g/mol. The van der Waals surface area contributed by atoms with Gasteiger partial charge in [-0.05, 0) is 36.2 Å². The normalized spacial score (nSPS) is 10.3. The fourth-order valence-corrected chi connectivity index (χ4v) is 2.24. The third-order valence-electron chi connectivity index (χ3n) is 3.56. The van der Waals surface area contributed by atoms with Crippen LogP contribution in [0.15, 0.2) is 67.0 Å². The summed E-state index contributed by atoms with van der Waals surface area (Å²) in [5.41, 5.74) is 2.07. The zero-order chi connectivity index (χ0) is 17.5. The number of nitrogens with one attached hydrogen (secondary N) is 2. The molecule has 0 spiro atoms. The molecule has 0 aliphatic carbocycles. The molecule has 1 aromatic heterocycles. The molecule has 0 atom stereocenters.